The van der Waals surface area contributed by atoms with Gasteiger partial charge in [0.25, 0.3) is 5.91 Å². The molecular formula is C26H34N2O4S. The maximum atomic E-state index is 12.7. The van der Waals surface area contributed by atoms with E-state index in [9.17, 15) is 13.2 Å². The minimum Gasteiger partial charge on any atom is -0.493 e. The number of hydrogen-bond acceptors (Lipinski definition) is 5. The molecule has 178 valence electrons. The monoisotopic (exact) mass is 470 g/mol. The Morgan fingerprint density at radius 2 is 1.76 bits per heavy atom. The third-order valence-electron chi connectivity index (χ3n) is 5.90. The van der Waals surface area contributed by atoms with Crippen LogP contribution in [-0.4, -0.2) is 57.8 Å². The van der Waals surface area contributed by atoms with E-state index in [-0.39, 0.29) is 11.7 Å². The molecule has 0 atom stereocenters. The number of nitrogens with one attached hydrogen (secondary N) is 1. The standard InChI is InChI=1S/C26H34N2O4S/c1-4-28(5-2)26(29)21-12-10-20(11-13-21)23-9-7-16-27-17-8-18-32-25-15-14-22(19-24(23)25)33(30,31)6-3/h9-15,19,27H,4-8,16-18H2,1-3H3/b23-9-. The van der Waals surface area contributed by atoms with Gasteiger partial charge in [0.05, 0.1) is 17.3 Å². The summed E-state index contributed by atoms with van der Waals surface area (Å²) in [6, 6.07) is 12.6. The second-order valence-corrected chi connectivity index (χ2v) is 10.3. The predicted molar refractivity (Wildman–Crippen MR) is 133 cm³/mol. The maximum Gasteiger partial charge on any atom is 0.253 e. The molecule has 0 unspecified atom stereocenters. The van der Waals surface area contributed by atoms with E-state index in [1.165, 1.54) is 0 Å². The van der Waals surface area contributed by atoms with E-state index in [0.29, 0.717) is 35.9 Å². The topological polar surface area (TPSA) is 75.7 Å². The van der Waals surface area contributed by atoms with Gasteiger partial charge in [-0.3, -0.25) is 4.79 Å². The number of rotatable bonds is 6. The minimum atomic E-state index is -3.36. The van der Waals surface area contributed by atoms with Crippen LogP contribution in [0, 0.1) is 0 Å². The van der Waals surface area contributed by atoms with Crippen molar-refractivity contribution in [1.82, 2.24) is 10.2 Å². The quantitative estimate of drug-likeness (QED) is 0.686. The highest BCUT2D eigenvalue weighted by atomic mass is 32.2. The van der Waals surface area contributed by atoms with Crippen LogP contribution in [0.4, 0.5) is 0 Å². The Labute approximate surface area is 197 Å². The molecule has 2 aromatic rings. The van der Waals surface area contributed by atoms with Crippen LogP contribution in [0.15, 0.2) is 53.4 Å². The third-order valence-corrected chi connectivity index (χ3v) is 7.63. The van der Waals surface area contributed by atoms with Crippen LogP contribution in [0.25, 0.3) is 5.57 Å². The SMILES string of the molecule is CCN(CC)C(=O)c1ccc(/C2=C/CCNCCCOc3ccc(S(=O)(=O)CC)cc32)cc1. The van der Waals surface area contributed by atoms with E-state index in [0.717, 1.165) is 42.6 Å². The second kappa shape index (κ2) is 11.5. The van der Waals surface area contributed by atoms with Crippen LogP contribution in [0.3, 0.4) is 0 Å². The molecule has 6 nitrogen and oxygen atoms in total. The largest absolute Gasteiger partial charge is 0.493 e. The summed E-state index contributed by atoms with van der Waals surface area (Å²) < 4.78 is 31.2. The Hall–Kier alpha value is -2.64. The molecule has 2 aromatic carbocycles. The number of carbonyl (C=O) groups excluding carboxylic acids is 1. The molecule has 0 radical (unpaired) electrons. The Kier molecular flexibility index (Phi) is 8.69. The van der Waals surface area contributed by atoms with Crippen molar-refractivity contribution in [3.05, 3.63) is 65.2 Å². The lowest BCUT2D eigenvalue weighted by atomic mass is 9.95. The van der Waals surface area contributed by atoms with E-state index in [2.05, 4.69) is 11.4 Å². The molecule has 0 spiro atoms. The second-order valence-electron chi connectivity index (χ2n) is 7.97. The zero-order valence-corrected chi connectivity index (χ0v) is 20.6. The molecule has 0 aromatic heterocycles. The molecule has 0 aliphatic carbocycles. The van der Waals surface area contributed by atoms with Gasteiger partial charge in [0.1, 0.15) is 5.75 Å². The van der Waals surface area contributed by atoms with Crippen molar-refractivity contribution in [3.63, 3.8) is 0 Å². The Morgan fingerprint density at radius 3 is 2.42 bits per heavy atom. The number of hydrogen-bond donors (Lipinski definition) is 1. The highest BCUT2D eigenvalue weighted by Gasteiger charge is 2.19. The minimum absolute atomic E-state index is 0.00669. The molecule has 0 saturated carbocycles. The molecule has 1 aliphatic rings. The van der Waals surface area contributed by atoms with E-state index >= 15 is 0 Å². The van der Waals surface area contributed by atoms with Crippen LogP contribution < -0.4 is 10.1 Å². The van der Waals surface area contributed by atoms with E-state index in [1.54, 1.807) is 30.0 Å². The number of sulfone groups is 1. The molecule has 1 N–H and O–H groups in total. The fraction of sp³-hybridized carbons (Fsp3) is 0.423. The fourth-order valence-corrected chi connectivity index (χ4v) is 4.80. The van der Waals surface area contributed by atoms with Gasteiger partial charge in [-0.15, -0.1) is 0 Å². The van der Waals surface area contributed by atoms with Crippen molar-refractivity contribution in [2.45, 2.75) is 38.5 Å². The summed E-state index contributed by atoms with van der Waals surface area (Å²) in [5.41, 5.74) is 3.22. The molecule has 7 heteroatoms. The van der Waals surface area contributed by atoms with E-state index in [4.69, 9.17) is 4.74 Å². The molecule has 1 heterocycles. The third kappa shape index (κ3) is 6.03. The van der Waals surface area contributed by atoms with Crippen LogP contribution in [0.2, 0.25) is 0 Å². The highest BCUT2D eigenvalue weighted by molar-refractivity contribution is 7.91. The molecular weight excluding hydrogens is 436 g/mol. The van der Waals surface area contributed by atoms with Gasteiger partial charge in [0, 0.05) is 24.2 Å². The number of ether oxygens (including phenoxy) is 1. The van der Waals surface area contributed by atoms with Crippen LogP contribution in [-0.2, 0) is 9.84 Å². The Bertz CT molecular complexity index is 1090. The predicted octanol–water partition coefficient (Wildman–Crippen LogP) is 4.16. The van der Waals surface area contributed by atoms with Crippen molar-refractivity contribution in [2.24, 2.45) is 0 Å². The maximum absolute atomic E-state index is 12.7. The van der Waals surface area contributed by atoms with Gasteiger partial charge in [-0.2, -0.15) is 0 Å². The fourth-order valence-electron chi connectivity index (χ4n) is 3.90. The van der Waals surface area contributed by atoms with Crippen molar-refractivity contribution < 1.29 is 17.9 Å². The van der Waals surface area contributed by atoms with Crippen molar-refractivity contribution >= 4 is 21.3 Å². The summed E-state index contributed by atoms with van der Waals surface area (Å²) in [5, 5.41) is 3.41. The molecule has 1 amide bonds. The smallest absolute Gasteiger partial charge is 0.253 e. The Balaban J connectivity index is 2.08. The lowest BCUT2D eigenvalue weighted by molar-refractivity contribution is 0.0773. The number of fused-ring (bicyclic) bond motifs is 1. The first-order valence-corrected chi connectivity index (χ1v) is 13.4. The lowest BCUT2D eigenvalue weighted by Gasteiger charge is -2.19. The molecule has 1 aliphatic heterocycles. The summed E-state index contributed by atoms with van der Waals surface area (Å²) in [4.78, 5) is 14.8. The first-order valence-electron chi connectivity index (χ1n) is 11.7. The summed E-state index contributed by atoms with van der Waals surface area (Å²) >= 11 is 0. The molecule has 3 rings (SSSR count). The average molecular weight is 471 g/mol. The summed E-state index contributed by atoms with van der Waals surface area (Å²) in [7, 11) is -3.36. The average Bonchev–Trinajstić information content (AvgIpc) is 2.88. The summed E-state index contributed by atoms with van der Waals surface area (Å²) in [6.45, 7) is 9.14. The zero-order valence-electron chi connectivity index (χ0n) is 19.8. The van der Waals surface area contributed by atoms with Gasteiger partial charge in [-0.1, -0.05) is 25.1 Å². The van der Waals surface area contributed by atoms with Gasteiger partial charge >= 0.3 is 0 Å². The number of carbonyl (C=O) groups is 1. The van der Waals surface area contributed by atoms with Crippen LogP contribution >= 0.6 is 0 Å². The van der Waals surface area contributed by atoms with Gasteiger partial charge in [-0.05, 0) is 81.2 Å². The van der Waals surface area contributed by atoms with Gasteiger partial charge < -0.3 is 15.0 Å². The highest BCUT2D eigenvalue weighted by Crippen LogP contribution is 2.34. The summed E-state index contributed by atoms with van der Waals surface area (Å²) in [6.07, 6.45) is 3.77. The van der Waals surface area contributed by atoms with Crippen LogP contribution in [0.5, 0.6) is 5.75 Å². The number of amides is 1. The molecule has 0 bridgehead atoms. The molecule has 33 heavy (non-hydrogen) atoms. The molecule has 0 fully saturated rings. The van der Waals surface area contributed by atoms with Gasteiger partial charge in [-0.25, -0.2) is 8.42 Å². The number of benzene rings is 2. The van der Waals surface area contributed by atoms with Gasteiger partial charge in [0.15, 0.2) is 9.84 Å². The lowest BCUT2D eigenvalue weighted by Crippen LogP contribution is -2.30. The normalized spacial score (nSPS) is 16.5. The van der Waals surface area contributed by atoms with Crippen LogP contribution in [0.1, 0.15) is 55.1 Å². The first-order chi connectivity index (χ1) is 15.9. The van der Waals surface area contributed by atoms with E-state index < -0.39 is 9.84 Å². The number of nitrogens with zero attached hydrogens (tertiary/aromatic N) is 1. The Morgan fingerprint density at radius 1 is 1.03 bits per heavy atom. The first kappa shape index (κ1) is 25.0. The van der Waals surface area contributed by atoms with E-state index in [1.807, 2.05) is 38.1 Å². The zero-order chi connectivity index (χ0) is 23.8. The van der Waals surface area contributed by atoms with Crippen molar-refractivity contribution in [3.8, 4) is 5.75 Å². The summed E-state index contributed by atoms with van der Waals surface area (Å²) in [5.74, 6) is 0.714. The van der Waals surface area contributed by atoms with Crippen molar-refractivity contribution in [2.75, 3.05) is 38.5 Å². The molecule has 0 saturated heterocycles. The van der Waals surface area contributed by atoms with Crippen molar-refractivity contribution in [1.29, 1.82) is 0 Å². The van der Waals surface area contributed by atoms with Gasteiger partial charge in [0.2, 0.25) is 0 Å².